The van der Waals surface area contributed by atoms with Crippen LogP contribution >= 0.6 is 0 Å². The minimum absolute atomic E-state index is 0.158. The largest absolute Gasteiger partial charge is 0.481 e. The minimum Gasteiger partial charge on any atom is -0.481 e. The van der Waals surface area contributed by atoms with Crippen molar-refractivity contribution >= 4 is 11.9 Å². The summed E-state index contributed by atoms with van der Waals surface area (Å²) in [5.41, 5.74) is -0.0259. The maximum atomic E-state index is 12.1. The highest BCUT2D eigenvalue weighted by Crippen LogP contribution is 2.72. The number of rotatable bonds is 3. The zero-order valence-corrected chi connectivity index (χ0v) is 16.6. The van der Waals surface area contributed by atoms with Gasteiger partial charge >= 0.3 is 11.9 Å². The molecule has 0 aliphatic heterocycles. The molecule has 7 atom stereocenters. The van der Waals surface area contributed by atoms with E-state index in [1.54, 1.807) is 0 Å². The van der Waals surface area contributed by atoms with E-state index in [0.717, 1.165) is 19.3 Å². The van der Waals surface area contributed by atoms with Crippen LogP contribution in [0.4, 0.5) is 0 Å². The molecule has 4 fully saturated rings. The number of carboxylic acids is 1. The van der Waals surface area contributed by atoms with Gasteiger partial charge in [-0.25, -0.2) is 0 Å². The number of fused-ring (bicyclic) bond motifs is 3. The Bertz CT molecular complexity index is 615. The van der Waals surface area contributed by atoms with E-state index >= 15 is 0 Å². The maximum absolute atomic E-state index is 12.1. The second-order valence-corrected chi connectivity index (χ2v) is 10.4. The van der Waals surface area contributed by atoms with E-state index in [1.165, 1.54) is 45.4 Å². The Morgan fingerprint density at radius 2 is 1.81 bits per heavy atom. The summed E-state index contributed by atoms with van der Waals surface area (Å²) in [6.07, 6.45) is 10.2. The molecule has 1 N–H and O–H groups in total. The summed E-state index contributed by atoms with van der Waals surface area (Å²) in [6, 6.07) is 0. The highest BCUT2D eigenvalue weighted by molar-refractivity contribution is 5.75. The predicted octanol–water partition coefficient (Wildman–Crippen LogP) is 4.66. The SMILES string of the molecule is CC(=O)OC[C@@H]1C[C@@]23CC[C@H]4[C@@](C)(CCC[C@@]4(C)C(=O)O)[C@@H]2CC[C@@H]1C3. The van der Waals surface area contributed by atoms with Crippen LogP contribution in [0, 0.1) is 39.9 Å². The van der Waals surface area contributed by atoms with Crippen LogP contribution in [0.15, 0.2) is 0 Å². The lowest BCUT2D eigenvalue weighted by Gasteiger charge is -2.63. The average Bonchev–Trinajstić information content (AvgIpc) is 2.82. The molecule has 2 bridgehead atoms. The summed E-state index contributed by atoms with van der Waals surface area (Å²) in [4.78, 5) is 23.4. The fourth-order valence-electron chi connectivity index (χ4n) is 8.26. The molecule has 0 aromatic heterocycles. The van der Waals surface area contributed by atoms with Gasteiger partial charge in [0.25, 0.3) is 0 Å². The van der Waals surface area contributed by atoms with Gasteiger partial charge in [-0.2, -0.15) is 0 Å². The normalized spacial score (nSPS) is 49.8. The van der Waals surface area contributed by atoms with Gasteiger partial charge in [0, 0.05) is 6.92 Å². The molecule has 0 heterocycles. The first-order valence-corrected chi connectivity index (χ1v) is 10.6. The van der Waals surface area contributed by atoms with Crippen LogP contribution in [0.5, 0.6) is 0 Å². The topological polar surface area (TPSA) is 63.6 Å². The third kappa shape index (κ3) is 2.46. The Kier molecular flexibility index (Phi) is 4.20. The summed E-state index contributed by atoms with van der Waals surface area (Å²) in [6.45, 7) is 6.52. The van der Waals surface area contributed by atoms with Gasteiger partial charge in [-0.3, -0.25) is 9.59 Å². The lowest BCUT2D eigenvalue weighted by molar-refractivity contribution is -0.181. The molecule has 4 aliphatic rings. The van der Waals surface area contributed by atoms with Gasteiger partial charge in [0.15, 0.2) is 0 Å². The smallest absolute Gasteiger partial charge is 0.309 e. The molecule has 4 heteroatoms. The highest BCUT2D eigenvalue weighted by Gasteiger charge is 2.65. The van der Waals surface area contributed by atoms with Crippen LogP contribution in [-0.4, -0.2) is 23.7 Å². The van der Waals surface area contributed by atoms with Crippen LogP contribution in [0.25, 0.3) is 0 Å². The van der Waals surface area contributed by atoms with Crippen LogP contribution in [0.1, 0.15) is 78.6 Å². The molecule has 0 unspecified atom stereocenters. The number of carbonyl (C=O) groups excluding carboxylic acids is 1. The van der Waals surface area contributed by atoms with Gasteiger partial charge in [-0.05, 0) is 92.8 Å². The van der Waals surface area contributed by atoms with Crippen molar-refractivity contribution in [1.82, 2.24) is 0 Å². The van der Waals surface area contributed by atoms with Crippen molar-refractivity contribution in [2.45, 2.75) is 78.6 Å². The van der Waals surface area contributed by atoms with Crippen LogP contribution in [0.2, 0.25) is 0 Å². The van der Waals surface area contributed by atoms with E-state index < -0.39 is 11.4 Å². The van der Waals surface area contributed by atoms with E-state index in [2.05, 4.69) is 6.92 Å². The Balaban J connectivity index is 1.61. The Labute approximate surface area is 157 Å². The number of esters is 1. The molecule has 4 nitrogen and oxygen atoms in total. The molecule has 0 aromatic rings. The molecule has 4 rings (SSSR count). The zero-order valence-electron chi connectivity index (χ0n) is 16.6. The Hall–Kier alpha value is -1.06. The first-order chi connectivity index (χ1) is 12.2. The molecule has 4 saturated carbocycles. The molecule has 26 heavy (non-hydrogen) atoms. The predicted molar refractivity (Wildman–Crippen MR) is 98.4 cm³/mol. The van der Waals surface area contributed by atoms with E-state index in [4.69, 9.17) is 4.74 Å². The first-order valence-electron chi connectivity index (χ1n) is 10.6. The third-order valence-corrected chi connectivity index (χ3v) is 9.26. The van der Waals surface area contributed by atoms with Gasteiger partial charge in [0.1, 0.15) is 0 Å². The van der Waals surface area contributed by atoms with Crippen molar-refractivity contribution < 1.29 is 19.4 Å². The summed E-state index contributed by atoms with van der Waals surface area (Å²) in [5.74, 6) is 1.41. The summed E-state index contributed by atoms with van der Waals surface area (Å²) in [5, 5.41) is 9.99. The molecule has 4 aliphatic carbocycles. The maximum Gasteiger partial charge on any atom is 0.309 e. The molecular weight excluding hydrogens is 328 g/mol. The highest BCUT2D eigenvalue weighted by atomic mass is 16.5. The fourth-order valence-corrected chi connectivity index (χ4v) is 8.26. The van der Waals surface area contributed by atoms with E-state index in [1.807, 2.05) is 6.92 Å². The van der Waals surface area contributed by atoms with E-state index in [0.29, 0.717) is 35.7 Å². The average molecular weight is 363 g/mol. The molecule has 1 spiro atoms. The number of carboxylic acid groups (broad SMARTS) is 1. The third-order valence-electron chi connectivity index (χ3n) is 9.26. The summed E-state index contributed by atoms with van der Waals surface area (Å²) < 4.78 is 5.39. The van der Waals surface area contributed by atoms with Gasteiger partial charge in [0.05, 0.1) is 12.0 Å². The van der Waals surface area contributed by atoms with Gasteiger partial charge in [-0.1, -0.05) is 13.3 Å². The molecule has 0 radical (unpaired) electrons. The molecule has 0 saturated heterocycles. The number of hydrogen-bond acceptors (Lipinski definition) is 3. The minimum atomic E-state index is -0.586. The number of carbonyl (C=O) groups is 2. The molecule has 0 aromatic carbocycles. The van der Waals surface area contributed by atoms with E-state index in [-0.39, 0.29) is 11.4 Å². The number of aliphatic carboxylic acids is 1. The zero-order chi connectivity index (χ0) is 18.7. The van der Waals surface area contributed by atoms with Gasteiger partial charge < -0.3 is 9.84 Å². The van der Waals surface area contributed by atoms with Crippen molar-refractivity contribution in [3.63, 3.8) is 0 Å². The van der Waals surface area contributed by atoms with E-state index in [9.17, 15) is 14.7 Å². The fraction of sp³-hybridized carbons (Fsp3) is 0.909. The molecule has 146 valence electrons. The number of hydrogen-bond donors (Lipinski definition) is 1. The van der Waals surface area contributed by atoms with Crippen molar-refractivity contribution in [2.75, 3.05) is 6.61 Å². The standard InChI is InChI=1S/C22H34O4/c1-14(23)26-13-16-12-22-10-7-17-20(2,18(22)6-5-15(16)11-22)8-4-9-21(17,3)19(24)25/h15-18H,4-13H2,1-3H3,(H,24,25)/t15-,16+,17+,18+,20-,21-,22+/m1/s1. The quantitative estimate of drug-likeness (QED) is 0.742. The van der Waals surface area contributed by atoms with Crippen LogP contribution in [-0.2, 0) is 14.3 Å². The Morgan fingerprint density at radius 1 is 1.04 bits per heavy atom. The van der Waals surface area contributed by atoms with Crippen LogP contribution < -0.4 is 0 Å². The second-order valence-electron chi connectivity index (χ2n) is 10.4. The first kappa shape index (κ1) is 18.3. The van der Waals surface area contributed by atoms with Crippen molar-refractivity contribution in [1.29, 1.82) is 0 Å². The number of ether oxygens (including phenoxy) is 1. The van der Waals surface area contributed by atoms with Crippen LogP contribution in [0.3, 0.4) is 0 Å². The monoisotopic (exact) mass is 362 g/mol. The second kappa shape index (κ2) is 5.97. The summed E-state index contributed by atoms with van der Waals surface area (Å²) in [7, 11) is 0. The summed E-state index contributed by atoms with van der Waals surface area (Å²) >= 11 is 0. The van der Waals surface area contributed by atoms with Gasteiger partial charge in [-0.15, -0.1) is 0 Å². The molecular formula is C22H34O4. The molecule has 0 amide bonds. The van der Waals surface area contributed by atoms with Crippen molar-refractivity contribution in [3.8, 4) is 0 Å². The lowest BCUT2D eigenvalue weighted by Crippen LogP contribution is -2.58. The lowest BCUT2D eigenvalue weighted by atomic mass is 9.41. The van der Waals surface area contributed by atoms with Crippen molar-refractivity contribution in [3.05, 3.63) is 0 Å². The van der Waals surface area contributed by atoms with Gasteiger partial charge in [0.2, 0.25) is 0 Å². The van der Waals surface area contributed by atoms with Crippen molar-refractivity contribution in [2.24, 2.45) is 39.9 Å². The Morgan fingerprint density at radius 3 is 2.50 bits per heavy atom.